The van der Waals surface area contributed by atoms with Crippen LogP contribution < -0.4 is 16.2 Å². The Kier molecular flexibility index (Phi) is 11.5. The van der Waals surface area contributed by atoms with Crippen LogP contribution >= 0.6 is 0 Å². The molecule has 2 aromatic heterocycles. The van der Waals surface area contributed by atoms with Crippen LogP contribution in [-0.2, 0) is 32.2 Å². The van der Waals surface area contributed by atoms with Crippen molar-refractivity contribution in [3.8, 4) is 0 Å². The van der Waals surface area contributed by atoms with Gasteiger partial charge in [0, 0.05) is 39.0 Å². The first-order valence-electron chi connectivity index (χ1n) is 13.6. The van der Waals surface area contributed by atoms with Gasteiger partial charge in [-0.25, -0.2) is 18.6 Å². The largest absolute Gasteiger partial charge is 0.453 e. The van der Waals surface area contributed by atoms with Gasteiger partial charge in [-0.1, -0.05) is 6.08 Å². The number of nitrogens with one attached hydrogen (secondary N) is 2. The van der Waals surface area contributed by atoms with Crippen molar-refractivity contribution >= 4 is 34.6 Å². The number of benzene rings is 1. The van der Waals surface area contributed by atoms with Gasteiger partial charge in [0.05, 0.1) is 37.4 Å². The average Bonchev–Trinajstić information content (AvgIpc) is 3.27. The summed E-state index contributed by atoms with van der Waals surface area (Å²) in [5.74, 6) is -2.62. The molecular formula is C29H36F2N6O6. The predicted octanol–water partition coefficient (Wildman–Crippen LogP) is 3.04. The van der Waals surface area contributed by atoms with Crippen molar-refractivity contribution in [2.45, 2.75) is 51.9 Å². The minimum Gasteiger partial charge on any atom is -0.453 e. The number of carbonyl (C=O) groups is 3. The Morgan fingerprint density at radius 2 is 1.88 bits per heavy atom. The Labute approximate surface area is 247 Å². The molecule has 3 aromatic rings. The molecule has 232 valence electrons. The molecule has 0 saturated carbocycles. The van der Waals surface area contributed by atoms with Gasteiger partial charge in [-0.3, -0.25) is 14.4 Å². The first-order chi connectivity index (χ1) is 20.4. The summed E-state index contributed by atoms with van der Waals surface area (Å²) in [6.45, 7) is 4.21. The van der Waals surface area contributed by atoms with Crippen molar-refractivity contribution in [1.29, 1.82) is 0 Å². The highest BCUT2D eigenvalue weighted by molar-refractivity contribution is 5.96. The summed E-state index contributed by atoms with van der Waals surface area (Å²) < 4.78 is 41.2. The first-order valence-corrected chi connectivity index (χ1v) is 13.6. The zero-order valence-corrected chi connectivity index (χ0v) is 24.7. The van der Waals surface area contributed by atoms with E-state index in [1.54, 1.807) is 30.8 Å². The SMILES string of the molecule is COC(=O)NC(CC/C=C/C(=O)N(C)C)C(=O)Nc1cccn(Cc2nc3cc(F)c(F)cc3n2CCOC(C)C)c1=O. The summed E-state index contributed by atoms with van der Waals surface area (Å²) in [6.07, 6.45) is 3.93. The molecule has 0 aliphatic rings. The maximum Gasteiger partial charge on any atom is 0.407 e. The molecule has 0 radical (unpaired) electrons. The Bertz CT molecular complexity index is 1550. The molecule has 3 amide bonds. The Morgan fingerprint density at radius 1 is 1.16 bits per heavy atom. The van der Waals surface area contributed by atoms with Gasteiger partial charge in [0.15, 0.2) is 11.6 Å². The summed E-state index contributed by atoms with van der Waals surface area (Å²) in [6, 6.07) is 3.92. The minimum atomic E-state index is -1.07. The molecule has 1 aromatic carbocycles. The molecule has 43 heavy (non-hydrogen) atoms. The number of rotatable bonds is 13. The smallest absolute Gasteiger partial charge is 0.407 e. The molecule has 0 bridgehead atoms. The Hall–Kier alpha value is -4.59. The number of halogens is 2. The van der Waals surface area contributed by atoms with Crippen molar-refractivity contribution < 1.29 is 32.6 Å². The molecule has 3 rings (SSSR count). The molecule has 14 heteroatoms. The number of alkyl carbamates (subject to hydrolysis) is 1. The zero-order valence-electron chi connectivity index (χ0n) is 24.7. The molecule has 2 N–H and O–H groups in total. The van der Waals surface area contributed by atoms with Crippen LogP contribution in [0.1, 0.15) is 32.5 Å². The van der Waals surface area contributed by atoms with Crippen LogP contribution in [0.2, 0.25) is 0 Å². The lowest BCUT2D eigenvalue weighted by Gasteiger charge is -2.17. The van der Waals surface area contributed by atoms with E-state index in [9.17, 15) is 28.0 Å². The highest BCUT2D eigenvalue weighted by atomic mass is 19.2. The molecule has 12 nitrogen and oxygen atoms in total. The highest BCUT2D eigenvalue weighted by Crippen LogP contribution is 2.21. The number of ether oxygens (including phenoxy) is 2. The van der Waals surface area contributed by atoms with Gasteiger partial charge in [-0.15, -0.1) is 0 Å². The van der Waals surface area contributed by atoms with Crippen molar-refractivity contribution in [1.82, 2.24) is 24.3 Å². The fraction of sp³-hybridized carbons (Fsp3) is 0.414. The molecule has 1 unspecified atom stereocenters. The third-order valence-corrected chi connectivity index (χ3v) is 6.34. The number of allylic oxidation sites excluding steroid dienone is 1. The van der Waals surface area contributed by atoms with Gasteiger partial charge in [0.2, 0.25) is 11.8 Å². The summed E-state index contributed by atoms with van der Waals surface area (Å²) in [4.78, 5) is 55.9. The maximum absolute atomic E-state index is 14.1. The molecule has 0 aliphatic heterocycles. The van der Waals surface area contributed by atoms with Crippen LogP contribution in [0.4, 0.5) is 19.3 Å². The van der Waals surface area contributed by atoms with Gasteiger partial charge < -0.3 is 34.1 Å². The van der Waals surface area contributed by atoms with E-state index in [-0.39, 0.29) is 55.8 Å². The maximum atomic E-state index is 14.1. The first kappa shape index (κ1) is 32.9. The van der Waals surface area contributed by atoms with Crippen LogP contribution in [0.15, 0.2) is 47.4 Å². The molecule has 0 fully saturated rings. The summed E-state index contributed by atoms with van der Waals surface area (Å²) in [7, 11) is 4.36. The van der Waals surface area contributed by atoms with Gasteiger partial charge in [0.25, 0.3) is 5.56 Å². The fourth-order valence-electron chi connectivity index (χ4n) is 4.11. The van der Waals surface area contributed by atoms with Crippen LogP contribution in [0.5, 0.6) is 0 Å². The lowest BCUT2D eigenvalue weighted by atomic mass is 10.1. The zero-order chi connectivity index (χ0) is 31.7. The van der Waals surface area contributed by atoms with E-state index in [1.807, 2.05) is 13.8 Å². The number of pyridine rings is 1. The number of imidazole rings is 1. The number of anilines is 1. The number of carbonyl (C=O) groups excluding carboxylic acids is 3. The van der Waals surface area contributed by atoms with Crippen LogP contribution in [-0.4, -0.2) is 76.9 Å². The minimum absolute atomic E-state index is 0.0515. The van der Waals surface area contributed by atoms with Crippen molar-refractivity contribution in [3.05, 3.63) is 70.4 Å². The van der Waals surface area contributed by atoms with Crippen LogP contribution in [0.3, 0.4) is 0 Å². The molecule has 0 aliphatic carbocycles. The summed E-state index contributed by atoms with van der Waals surface area (Å²) in [5.41, 5.74) is -0.0743. The fourth-order valence-corrected chi connectivity index (χ4v) is 4.11. The summed E-state index contributed by atoms with van der Waals surface area (Å²) >= 11 is 0. The standard InChI is InChI=1S/C29H36F2N6O6/c1-18(2)43-14-13-37-24-16-20(31)19(30)15-23(24)32-25(37)17-36-12-8-10-22(28(36)40)33-27(39)21(34-29(41)42-5)9-6-7-11-26(38)35(3)4/h7-8,10-12,15-16,18,21H,6,9,13-14,17H2,1-5H3,(H,33,39)(H,34,41)/b11-7+. The monoisotopic (exact) mass is 602 g/mol. The molecule has 2 heterocycles. The van der Waals surface area contributed by atoms with Crippen molar-refractivity contribution in [3.63, 3.8) is 0 Å². The van der Waals surface area contributed by atoms with E-state index in [1.165, 1.54) is 27.8 Å². The van der Waals surface area contributed by atoms with Crippen LogP contribution in [0, 0.1) is 11.6 Å². The van der Waals surface area contributed by atoms with Crippen molar-refractivity contribution in [2.24, 2.45) is 0 Å². The third-order valence-electron chi connectivity index (χ3n) is 6.34. The predicted molar refractivity (Wildman–Crippen MR) is 156 cm³/mol. The van der Waals surface area contributed by atoms with Gasteiger partial charge in [0.1, 0.15) is 17.6 Å². The van der Waals surface area contributed by atoms with E-state index in [0.717, 1.165) is 19.2 Å². The number of likely N-dealkylation sites (N-methyl/N-ethyl adjacent to an activating group) is 1. The molecular weight excluding hydrogens is 566 g/mol. The quantitative estimate of drug-likeness (QED) is 0.287. The van der Waals surface area contributed by atoms with Crippen LogP contribution in [0.25, 0.3) is 11.0 Å². The second kappa shape index (κ2) is 15.0. The van der Waals surface area contributed by atoms with E-state index in [0.29, 0.717) is 11.3 Å². The highest BCUT2D eigenvalue weighted by Gasteiger charge is 2.22. The number of amides is 3. The van der Waals surface area contributed by atoms with Gasteiger partial charge in [-0.2, -0.15) is 0 Å². The van der Waals surface area contributed by atoms with Crippen molar-refractivity contribution in [2.75, 3.05) is 33.1 Å². The second-order valence-corrected chi connectivity index (χ2v) is 10.1. The lowest BCUT2D eigenvalue weighted by Crippen LogP contribution is -2.44. The number of hydrogen-bond acceptors (Lipinski definition) is 7. The topological polar surface area (TPSA) is 137 Å². The van der Waals surface area contributed by atoms with E-state index >= 15 is 0 Å². The molecule has 1 atom stereocenters. The van der Waals surface area contributed by atoms with E-state index < -0.39 is 35.2 Å². The second-order valence-electron chi connectivity index (χ2n) is 10.1. The Morgan fingerprint density at radius 3 is 2.56 bits per heavy atom. The van der Waals surface area contributed by atoms with E-state index in [4.69, 9.17) is 4.74 Å². The average molecular weight is 603 g/mol. The molecule has 0 saturated heterocycles. The van der Waals surface area contributed by atoms with E-state index in [2.05, 4.69) is 20.4 Å². The van der Waals surface area contributed by atoms with Gasteiger partial charge >= 0.3 is 6.09 Å². The summed E-state index contributed by atoms with van der Waals surface area (Å²) in [5, 5.41) is 4.98. The number of nitrogens with zero attached hydrogens (tertiary/aromatic N) is 4. The number of fused-ring (bicyclic) bond motifs is 1. The van der Waals surface area contributed by atoms with Gasteiger partial charge in [-0.05, 0) is 44.9 Å². The number of methoxy groups -OCH3 is 1. The lowest BCUT2D eigenvalue weighted by molar-refractivity contribution is -0.123. The Balaban J connectivity index is 1.84. The number of hydrogen-bond donors (Lipinski definition) is 2. The third kappa shape index (κ3) is 8.95. The molecule has 0 spiro atoms. The normalized spacial score (nSPS) is 12.1. The number of aromatic nitrogens is 3.